The fourth-order valence-corrected chi connectivity index (χ4v) is 5.16. The third-order valence-electron chi connectivity index (χ3n) is 6.92. The standard InChI is InChI=1S/C33H30ClNO4/c1-2-38-32(37)33(20-27-12-11-26(19-28(27)21-33)25-13-15-29(34)16-14-25)35-31(36)18-24-9-6-10-30(17-24)39-22-23-7-4-3-5-8-23/h3-17,19H,2,18,20-22H2,1H3,(H,35,36). The number of esters is 1. The summed E-state index contributed by atoms with van der Waals surface area (Å²) in [6, 6.07) is 31.2. The highest BCUT2D eigenvalue weighted by Gasteiger charge is 2.46. The van der Waals surface area contributed by atoms with E-state index in [0.29, 0.717) is 30.2 Å². The van der Waals surface area contributed by atoms with E-state index < -0.39 is 11.5 Å². The van der Waals surface area contributed by atoms with Crippen molar-refractivity contribution >= 4 is 23.5 Å². The van der Waals surface area contributed by atoms with Crippen LogP contribution in [0.25, 0.3) is 11.1 Å². The summed E-state index contributed by atoms with van der Waals surface area (Å²) >= 11 is 6.05. The van der Waals surface area contributed by atoms with Gasteiger partial charge in [-0.05, 0) is 64.6 Å². The Balaban J connectivity index is 1.30. The van der Waals surface area contributed by atoms with Gasteiger partial charge in [0.25, 0.3) is 0 Å². The Kier molecular flexibility index (Phi) is 7.99. The van der Waals surface area contributed by atoms with Crippen LogP contribution in [0.2, 0.25) is 5.02 Å². The third-order valence-corrected chi connectivity index (χ3v) is 7.18. The Morgan fingerprint density at radius 1 is 0.821 bits per heavy atom. The van der Waals surface area contributed by atoms with Gasteiger partial charge in [0.15, 0.2) is 0 Å². The number of hydrogen-bond acceptors (Lipinski definition) is 4. The number of halogens is 1. The minimum Gasteiger partial charge on any atom is -0.489 e. The monoisotopic (exact) mass is 539 g/mol. The lowest BCUT2D eigenvalue weighted by molar-refractivity contribution is -0.153. The highest BCUT2D eigenvalue weighted by molar-refractivity contribution is 6.30. The molecule has 0 aliphatic heterocycles. The van der Waals surface area contributed by atoms with Gasteiger partial charge in [-0.3, -0.25) is 4.79 Å². The topological polar surface area (TPSA) is 64.6 Å². The molecule has 1 atom stereocenters. The Morgan fingerprint density at radius 3 is 2.31 bits per heavy atom. The molecule has 0 bridgehead atoms. The molecular weight excluding hydrogens is 510 g/mol. The molecule has 4 aromatic carbocycles. The van der Waals surface area contributed by atoms with Crippen molar-refractivity contribution < 1.29 is 19.1 Å². The number of benzene rings is 4. The van der Waals surface area contributed by atoms with Gasteiger partial charge in [0.05, 0.1) is 13.0 Å². The average molecular weight is 540 g/mol. The number of hydrogen-bond donors (Lipinski definition) is 1. The molecule has 0 spiro atoms. The first-order valence-corrected chi connectivity index (χ1v) is 13.4. The van der Waals surface area contributed by atoms with Gasteiger partial charge in [0.1, 0.15) is 17.9 Å². The number of carbonyl (C=O) groups excluding carboxylic acids is 2. The molecule has 1 aliphatic carbocycles. The van der Waals surface area contributed by atoms with Crippen LogP contribution in [0.5, 0.6) is 5.75 Å². The van der Waals surface area contributed by atoms with Crippen LogP contribution in [0, 0.1) is 0 Å². The Bertz CT molecular complexity index is 1470. The van der Waals surface area contributed by atoms with E-state index in [2.05, 4.69) is 11.4 Å². The van der Waals surface area contributed by atoms with Crippen LogP contribution in [-0.4, -0.2) is 24.0 Å². The molecule has 0 saturated heterocycles. The first-order chi connectivity index (χ1) is 18.9. The molecular formula is C33H30ClNO4. The summed E-state index contributed by atoms with van der Waals surface area (Å²) in [6.45, 7) is 2.46. The molecule has 0 saturated carbocycles. The van der Waals surface area contributed by atoms with Crippen molar-refractivity contribution in [2.75, 3.05) is 6.61 Å². The van der Waals surface area contributed by atoms with E-state index in [0.717, 1.165) is 33.4 Å². The molecule has 4 aromatic rings. The third kappa shape index (κ3) is 6.32. The van der Waals surface area contributed by atoms with Crippen LogP contribution >= 0.6 is 11.6 Å². The van der Waals surface area contributed by atoms with Gasteiger partial charge >= 0.3 is 5.97 Å². The predicted octanol–water partition coefficient (Wildman–Crippen LogP) is 6.35. The van der Waals surface area contributed by atoms with E-state index in [9.17, 15) is 9.59 Å². The van der Waals surface area contributed by atoms with Crippen LogP contribution < -0.4 is 10.1 Å². The maximum Gasteiger partial charge on any atom is 0.332 e. The van der Waals surface area contributed by atoms with Crippen molar-refractivity contribution in [1.29, 1.82) is 0 Å². The number of rotatable bonds is 9. The zero-order valence-electron chi connectivity index (χ0n) is 21.8. The summed E-state index contributed by atoms with van der Waals surface area (Å²) in [6.07, 6.45) is 0.874. The summed E-state index contributed by atoms with van der Waals surface area (Å²) in [5, 5.41) is 3.72. The Hall–Kier alpha value is -4.09. The molecule has 1 aliphatic rings. The Morgan fingerprint density at radius 2 is 1.54 bits per heavy atom. The van der Waals surface area contributed by atoms with Crippen LogP contribution in [0.3, 0.4) is 0 Å². The minimum atomic E-state index is -1.14. The predicted molar refractivity (Wildman–Crippen MR) is 153 cm³/mol. The van der Waals surface area contributed by atoms with Crippen molar-refractivity contribution in [3.63, 3.8) is 0 Å². The van der Waals surface area contributed by atoms with E-state index in [-0.39, 0.29) is 18.9 Å². The number of fused-ring (bicyclic) bond motifs is 1. The van der Waals surface area contributed by atoms with Crippen molar-refractivity contribution in [3.05, 3.63) is 124 Å². The zero-order chi connectivity index (χ0) is 27.2. The maximum absolute atomic E-state index is 13.3. The van der Waals surface area contributed by atoms with Gasteiger partial charge in [-0.1, -0.05) is 84.4 Å². The van der Waals surface area contributed by atoms with E-state index in [4.69, 9.17) is 21.1 Å². The highest BCUT2D eigenvalue weighted by Crippen LogP contribution is 2.35. The molecule has 1 amide bonds. The SMILES string of the molecule is CCOC(=O)C1(NC(=O)Cc2cccc(OCc3ccccc3)c2)Cc2ccc(-c3ccc(Cl)cc3)cc2C1. The largest absolute Gasteiger partial charge is 0.489 e. The van der Waals surface area contributed by atoms with Crippen LogP contribution in [0.1, 0.15) is 29.2 Å². The molecule has 5 nitrogen and oxygen atoms in total. The molecule has 0 fully saturated rings. The first-order valence-electron chi connectivity index (χ1n) is 13.1. The number of ether oxygens (including phenoxy) is 2. The minimum absolute atomic E-state index is 0.121. The molecule has 39 heavy (non-hydrogen) atoms. The van der Waals surface area contributed by atoms with Crippen molar-refractivity contribution in [2.45, 2.75) is 38.3 Å². The lowest BCUT2D eigenvalue weighted by Gasteiger charge is -2.28. The van der Waals surface area contributed by atoms with Crippen molar-refractivity contribution in [3.8, 4) is 16.9 Å². The zero-order valence-corrected chi connectivity index (χ0v) is 22.5. The lowest BCUT2D eigenvalue weighted by Crippen LogP contribution is -2.56. The fourth-order valence-electron chi connectivity index (χ4n) is 5.03. The fraction of sp³-hybridized carbons (Fsp3) is 0.212. The van der Waals surface area contributed by atoms with Crippen LogP contribution in [-0.2, 0) is 40.2 Å². The van der Waals surface area contributed by atoms with Gasteiger partial charge in [-0.15, -0.1) is 0 Å². The van der Waals surface area contributed by atoms with Crippen LogP contribution in [0.4, 0.5) is 0 Å². The smallest absolute Gasteiger partial charge is 0.332 e. The molecule has 0 aromatic heterocycles. The lowest BCUT2D eigenvalue weighted by atomic mass is 9.95. The first kappa shape index (κ1) is 26.5. The van der Waals surface area contributed by atoms with E-state index >= 15 is 0 Å². The highest BCUT2D eigenvalue weighted by atomic mass is 35.5. The summed E-state index contributed by atoms with van der Waals surface area (Å²) in [5.41, 5.74) is 4.84. The van der Waals surface area contributed by atoms with Gasteiger partial charge in [-0.25, -0.2) is 4.79 Å². The molecule has 6 heteroatoms. The normalized spacial score (nSPS) is 15.8. The Labute approximate surface area is 233 Å². The summed E-state index contributed by atoms with van der Waals surface area (Å²) in [7, 11) is 0. The second kappa shape index (κ2) is 11.7. The van der Waals surface area contributed by atoms with Gasteiger partial charge in [-0.2, -0.15) is 0 Å². The van der Waals surface area contributed by atoms with Crippen molar-refractivity contribution in [1.82, 2.24) is 5.32 Å². The molecule has 0 heterocycles. The summed E-state index contributed by atoms with van der Waals surface area (Å²) in [4.78, 5) is 26.5. The molecule has 0 radical (unpaired) electrons. The van der Waals surface area contributed by atoms with Gasteiger partial charge < -0.3 is 14.8 Å². The molecule has 1 unspecified atom stereocenters. The number of carbonyl (C=O) groups is 2. The number of amides is 1. The van der Waals surface area contributed by atoms with Crippen LogP contribution in [0.15, 0.2) is 97.1 Å². The van der Waals surface area contributed by atoms with Gasteiger partial charge in [0.2, 0.25) is 5.91 Å². The quantitative estimate of drug-likeness (QED) is 0.252. The van der Waals surface area contributed by atoms with E-state index in [1.165, 1.54) is 0 Å². The molecule has 5 rings (SSSR count). The second-order valence-corrected chi connectivity index (χ2v) is 10.2. The molecule has 1 N–H and O–H groups in total. The van der Waals surface area contributed by atoms with E-state index in [1.807, 2.05) is 91.0 Å². The van der Waals surface area contributed by atoms with Crippen molar-refractivity contribution in [2.24, 2.45) is 0 Å². The summed E-state index contributed by atoms with van der Waals surface area (Å²) < 4.78 is 11.4. The average Bonchev–Trinajstić information content (AvgIpc) is 3.31. The van der Waals surface area contributed by atoms with E-state index in [1.54, 1.807) is 6.92 Å². The second-order valence-electron chi connectivity index (χ2n) is 9.79. The molecule has 198 valence electrons. The summed E-state index contributed by atoms with van der Waals surface area (Å²) in [5.74, 6) is 0.0313. The van der Waals surface area contributed by atoms with Gasteiger partial charge in [0, 0.05) is 17.9 Å². The number of nitrogens with one attached hydrogen (secondary N) is 1. The maximum atomic E-state index is 13.3.